The van der Waals surface area contributed by atoms with Crippen molar-refractivity contribution >= 4 is 0 Å². The smallest absolute Gasteiger partial charge is 0.159 e. The van der Waals surface area contributed by atoms with Crippen molar-refractivity contribution < 1.29 is 8.78 Å². The molecule has 19 heavy (non-hydrogen) atoms. The van der Waals surface area contributed by atoms with Crippen LogP contribution in [0.15, 0.2) is 30.5 Å². The molecule has 0 aliphatic rings. The van der Waals surface area contributed by atoms with Crippen LogP contribution in [0.4, 0.5) is 8.78 Å². The van der Waals surface area contributed by atoms with Gasteiger partial charge in [0.2, 0.25) is 0 Å². The lowest BCUT2D eigenvalue weighted by Gasteiger charge is -2.08. The molecule has 3 nitrogen and oxygen atoms in total. The summed E-state index contributed by atoms with van der Waals surface area (Å²) in [6.45, 7) is 4.13. The van der Waals surface area contributed by atoms with Crippen molar-refractivity contribution in [2.24, 2.45) is 0 Å². The Hall–Kier alpha value is -1.75. The van der Waals surface area contributed by atoms with Crippen molar-refractivity contribution in [3.05, 3.63) is 53.4 Å². The minimum absolute atomic E-state index is 0.495. The normalized spacial score (nSPS) is 10.9. The van der Waals surface area contributed by atoms with Gasteiger partial charge in [-0.3, -0.25) is 4.68 Å². The number of hydrogen-bond acceptors (Lipinski definition) is 2. The van der Waals surface area contributed by atoms with E-state index in [-0.39, 0.29) is 0 Å². The van der Waals surface area contributed by atoms with Crippen molar-refractivity contribution in [1.29, 1.82) is 0 Å². The summed E-state index contributed by atoms with van der Waals surface area (Å²) in [5, 5.41) is 7.42. The molecule has 0 saturated heterocycles. The monoisotopic (exact) mass is 265 g/mol. The molecule has 1 heterocycles. The molecule has 0 aliphatic heterocycles. The first-order valence-electron chi connectivity index (χ1n) is 6.36. The fourth-order valence-corrected chi connectivity index (χ4v) is 1.91. The Morgan fingerprint density at radius 3 is 2.74 bits per heavy atom. The van der Waals surface area contributed by atoms with Crippen LogP contribution in [0.3, 0.4) is 0 Å². The van der Waals surface area contributed by atoms with Gasteiger partial charge in [-0.05, 0) is 30.2 Å². The maximum absolute atomic E-state index is 13.0. The Morgan fingerprint density at radius 2 is 2.00 bits per heavy atom. The molecule has 0 atom stereocenters. The Kier molecular flexibility index (Phi) is 4.63. The summed E-state index contributed by atoms with van der Waals surface area (Å²) in [6.07, 6.45) is 2.79. The fourth-order valence-electron chi connectivity index (χ4n) is 1.91. The van der Waals surface area contributed by atoms with Crippen LogP contribution in [0.5, 0.6) is 0 Å². The van der Waals surface area contributed by atoms with E-state index in [1.165, 1.54) is 6.07 Å². The Balaban J connectivity index is 1.89. The molecular formula is C14H17F2N3. The third kappa shape index (κ3) is 3.61. The van der Waals surface area contributed by atoms with Crippen LogP contribution < -0.4 is 5.32 Å². The van der Waals surface area contributed by atoms with Crippen LogP contribution >= 0.6 is 0 Å². The Morgan fingerprint density at radius 1 is 1.16 bits per heavy atom. The van der Waals surface area contributed by atoms with E-state index in [0.717, 1.165) is 30.3 Å². The number of aryl methyl sites for hydroxylation is 1. The van der Waals surface area contributed by atoms with Gasteiger partial charge in [0.1, 0.15) is 0 Å². The summed E-state index contributed by atoms with van der Waals surface area (Å²) in [5.41, 5.74) is 1.81. The van der Waals surface area contributed by atoms with Gasteiger partial charge in [0.05, 0.1) is 5.69 Å². The predicted octanol–water partition coefficient (Wildman–Crippen LogP) is 2.86. The van der Waals surface area contributed by atoms with Crippen LogP contribution in [-0.2, 0) is 19.6 Å². The maximum atomic E-state index is 13.0. The lowest BCUT2D eigenvalue weighted by atomic mass is 10.2. The number of nitrogens with zero attached hydrogens (tertiary/aromatic N) is 2. The van der Waals surface area contributed by atoms with Crippen LogP contribution in [0.25, 0.3) is 0 Å². The lowest BCUT2D eigenvalue weighted by molar-refractivity contribution is 0.505. The molecule has 0 radical (unpaired) electrons. The molecule has 0 aliphatic carbocycles. The number of nitrogens with one attached hydrogen (secondary N) is 1. The second-order valence-corrected chi connectivity index (χ2v) is 4.40. The topological polar surface area (TPSA) is 29.9 Å². The second kappa shape index (κ2) is 6.43. The van der Waals surface area contributed by atoms with Crippen LogP contribution in [-0.4, -0.2) is 9.78 Å². The first-order chi connectivity index (χ1) is 9.20. The highest BCUT2D eigenvalue weighted by Gasteiger charge is 2.04. The quantitative estimate of drug-likeness (QED) is 0.870. The van der Waals surface area contributed by atoms with Crippen molar-refractivity contribution in [1.82, 2.24) is 15.1 Å². The highest BCUT2D eigenvalue weighted by atomic mass is 19.2. The summed E-state index contributed by atoms with van der Waals surface area (Å²) in [6, 6.07) is 5.89. The van der Waals surface area contributed by atoms with E-state index in [0.29, 0.717) is 13.1 Å². The first-order valence-corrected chi connectivity index (χ1v) is 6.36. The SMILES string of the molecule is CCCn1nccc1CNCc1ccc(F)c(F)c1. The molecule has 2 aromatic rings. The van der Waals surface area contributed by atoms with Crippen molar-refractivity contribution in [2.45, 2.75) is 33.0 Å². The van der Waals surface area contributed by atoms with Crippen LogP contribution in [0.2, 0.25) is 0 Å². The number of benzene rings is 1. The fraction of sp³-hybridized carbons (Fsp3) is 0.357. The minimum Gasteiger partial charge on any atom is -0.307 e. The molecule has 2 rings (SSSR count). The number of halogens is 2. The number of hydrogen-bond donors (Lipinski definition) is 1. The Labute approximate surface area is 111 Å². The zero-order chi connectivity index (χ0) is 13.7. The second-order valence-electron chi connectivity index (χ2n) is 4.40. The zero-order valence-corrected chi connectivity index (χ0v) is 10.9. The molecule has 0 unspecified atom stereocenters. The first kappa shape index (κ1) is 13.7. The van der Waals surface area contributed by atoms with Gasteiger partial charge in [-0.2, -0.15) is 5.10 Å². The van der Waals surface area contributed by atoms with Crippen LogP contribution in [0, 0.1) is 11.6 Å². The summed E-state index contributed by atoms with van der Waals surface area (Å²) in [4.78, 5) is 0. The highest BCUT2D eigenvalue weighted by molar-refractivity contribution is 5.17. The van der Waals surface area contributed by atoms with Crippen molar-refractivity contribution in [3.8, 4) is 0 Å². The summed E-state index contributed by atoms with van der Waals surface area (Å²) >= 11 is 0. The molecule has 0 fully saturated rings. The molecule has 5 heteroatoms. The molecule has 1 N–H and O–H groups in total. The minimum atomic E-state index is -0.815. The van der Waals surface area contributed by atoms with Gasteiger partial charge < -0.3 is 5.32 Å². The van der Waals surface area contributed by atoms with Gasteiger partial charge >= 0.3 is 0 Å². The standard InChI is InChI=1S/C14H17F2N3/c1-2-7-19-12(5-6-18-19)10-17-9-11-3-4-13(15)14(16)8-11/h3-6,8,17H,2,7,9-10H2,1H3. The molecule has 1 aromatic carbocycles. The van der Waals surface area contributed by atoms with Gasteiger partial charge in [-0.15, -0.1) is 0 Å². The van der Waals surface area contributed by atoms with E-state index < -0.39 is 11.6 Å². The third-order valence-corrected chi connectivity index (χ3v) is 2.86. The molecular weight excluding hydrogens is 248 g/mol. The van der Waals surface area contributed by atoms with E-state index in [1.807, 2.05) is 10.7 Å². The maximum Gasteiger partial charge on any atom is 0.159 e. The molecule has 0 bridgehead atoms. The number of rotatable bonds is 6. The predicted molar refractivity (Wildman–Crippen MR) is 69.4 cm³/mol. The average molecular weight is 265 g/mol. The zero-order valence-electron chi connectivity index (χ0n) is 10.9. The largest absolute Gasteiger partial charge is 0.307 e. The summed E-state index contributed by atoms with van der Waals surface area (Å²) < 4.78 is 27.7. The molecule has 1 aromatic heterocycles. The third-order valence-electron chi connectivity index (χ3n) is 2.86. The van der Waals surface area contributed by atoms with Crippen molar-refractivity contribution in [3.63, 3.8) is 0 Å². The molecule has 0 amide bonds. The number of aromatic nitrogens is 2. The highest BCUT2D eigenvalue weighted by Crippen LogP contribution is 2.08. The van der Waals surface area contributed by atoms with Gasteiger partial charge in [-0.1, -0.05) is 13.0 Å². The molecule has 0 spiro atoms. The van der Waals surface area contributed by atoms with Gasteiger partial charge in [0, 0.05) is 25.8 Å². The van der Waals surface area contributed by atoms with E-state index in [9.17, 15) is 8.78 Å². The van der Waals surface area contributed by atoms with Crippen LogP contribution in [0.1, 0.15) is 24.6 Å². The van der Waals surface area contributed by atoms with E-state index in [4.69, 9.17) is 0 Å². The van der Waals surface area contributed by atoms with E-state index in [2.05, 4.69) is 17.3 Å². The summed E-state index contributed by atoms with van der Waals surface area (Å²) in [5.74, 6) is -1.62. The lowest BCUT2D eigenvalue weighted by Crippen LogP contribution is -2.16. The average Bonchev–Trinajstić information content (AvgIpc) is 2.82. The van der Waals surface area contributed by atoms with Gasteiger partial charge in [0.15, 0.2) is 11.6 Å². The summed E-state index contributed by atoms with van der Waals surface area (Å²) in [7, 11) is 0. The van der Waals surface area contributed by atoms with E-state index >= 15 is 0 Å². The molecule has 0 saturated carbocycles. The molecule has 102 valence electrons. The van der Waals surface area contributed by atoms with Gasteiger partial charge in [0.25, 0.3) is 0 Å². The Bertz CT molecular complexity index is 537. The van der Waals surface area contributed by atoms with E-state index in [1.54, 1.807) is 12.3 Å². The van der Waals surface area contributed by atoms with Crippen molar-refractivity contribution in [2.75, 3.05) is 0 Å². The van der Waals surface area contributed by atoms with Gasteiger partial charge in [-0.25, -0.2) is 8.78 Å².